The van der Waals surface area contributed by atoms with Crippen LogP contribution in [0.5, 0.6) is 0 Å². The first-order valence-electron chi connectivity index (χ1n) is 13.2. The summed E-state index contributed by atoms with van der Waals surface area (Å²) in [4.78, 5) is 45.3. The van der Waals surface area contributed by atoms with Crippen LogP contribution in [-0.2, 0) is 20.8 Å². The number of carboxylic acid groups (broad SMARTS) is 1. The van der Waals surface area contributed by atoms with Crippen molar-refractivity contribution in [1.29, 1.82) is 0 Å². The van der Waals surface area contributed by atoms with E-state index in [4.69, 9.17) is 10.1 Å². The topological polar surface area (TPSA) is 102 Å². The minimum atomic E-state index is -0.896. The fraction of sp³-hybridized carbons (Fsp3) is 0.290. The highest BCUT2D eigenvalue weighted by Crippen LogP contribution is 2.37. The summed E-state index contributed by atoms with van der Waals surface area (Å²) in [6.07, 6.45) is 1.13. The van der Waals surface area contributed by atoms with Crippen molar-refractivity contribution in [3.8, 4) is 0 Å². The number of amides is 2. The molecule has 0 aliphatic carbocycles. The number of anilines is 2. The van der Waals surface area contributed by atoms with Crippen molar-refractivity contribution in [2.24, 2.45) is 4.99 Å². The molecule has 1 unspecified atom stereocenters. The van der Waals surface area contributed by atoms with Crippen molar-refractivity contribution < 1.29 is 23.9 Å². The van der Waals surface area contributed by atoms with Gasteiger partial charge in [0.1, 0.15) is 11.7 Å². The second-order valence-electron chi connectivity index (χ2n) is 10.1. The Morgan fingerprint density at radius 3 is 2.45 bits per heavy atom. The molecule has 0 aromatic heterocycles. The lowest BCUT2D eigenvalue weighted by atomic mass is 9.89. The second-order valence-corrected chi connectivity index (χ2v) is 10.1. The molecule has 2 N–H and O–H groups in total. The molecule has 2 amide bonds. The Kier molecular flexibility index (Phi) is 9.06. The number of hydrogen-bond acceptors (Lipinski definition) is 5. The predicted molar refractivity (Wildman–Crippen MR) is 154 cm³/mol. The summed E-state index contributed by atoms with van der Waals surface area (Å²) in [5.74, 6) is -2.52. The molecule has 1 atom stereocenters. The summed E-state index contributed by atoms with van der Waals surface area (Å²) in [6.45, 7) is 2.98. The summed E-state index contributed by atoms with van der Waals surface area (Å²) in [5.41, 5.74) is 4.27. The largest absolute Gasteiger partial charge is 0.481 e. The van der Waals surface area contributed by atoms with Gasteiger partial charge in [0.05, 0.1) is 11.4 Å². The van der Waals surface area contributed by atoms with Gasteiger partial charge in [-0.3, -0.25) is 19.4 Å². The number of carbonyl (C=O) groups excluding carboxylic acids is 2. The molecule has 4 rings (SSSR count). The monoisotopic (exact) mass is 544 g/mol. The zero-order chi connectivity index (χ0) is 28.8. The highest BCUT2D eigenvalue weighted by atomic mass is 19.1. The molecule has 40 heavy (non-hydrogen) atoms. The van der Waals surface area contributed by atoms with Gasteiger partial charge in [0, 0.05) is 31.3 Å². The summed E-state index contributed by atoms with van der Waals surface area (Å²) >= 11 is 0. The van der Waals surface area contributed by atoms with Crippen LogP contribution in [0.15, 0.2) is 71.7 Å². The van der Waals surface area contributed by atoms with Crippen LogP contribution in [0, 0.1) is 5.82 Å². The van der Waals surface area contributed by atoms with E-state index in [1.54, 1.807) is 23.1 Å². The second kappa shape index (κ2) is 12.7. The maximum atomic E-state index is 13.9. The van der Waals surface area contributed by atoms with Gasteiger partial charge in [0.2, 0.25) is 11.8 Å². The van der Waals surface area contributed by atoms with Crippen LogP contribution in [0.3, 0.4) is 0 Å². The van der Waals surface area contributed by atoms with E-state index in [9.17, 15) is 18.8 Å². The highest BCUT2D eigenvalue weighted by Gasteiger charge is 2.35. The minimum Gasteiger partial charge on any atom is -0.481 e. The third-order valence-electron chi connectivity index (χ3n) is 6.75. The molecule has 1 aliphatic heterocycles. The zero-order valence-electron chi connectivity index (χ0n) is 22.9. The van der Waals surface area contributed by atoms with Gasteiger partial charge in [-0.25, -0.2) is 4.39 Å². The number of halogens is 1. The van der Waals surface area contributed by atoms with E-state index in [0.29, 0.717) is 41.2 Å². The molecule has 0 saturated carbocycles. The number of aryl methyl sites for hydroxylation is 1. The molecule has 0 fully saturated rings. The maximum Gasteiger partial charge on any atom is 0.303 e. The molecule has 208 valence electrons. The average molecular weight is 545 g/mol. The Morgan fingerprint density at radius 2 is 1.77 bits per heavy atom. The van der Waals surface area contributed by atoms with Crippen LogP contribution in [0.4, 0.5) is 21.5 Å². The third-order valence-corrected chi connectivity index (χ3v) is 6.75. The van der Waals surface area contributed by atoms with Crippen LogP contribution in [0.2, 0.25) is 0 Å². The summed E-state index contributed by atoms with van der Waals surface area (Å²) in [7, 11) is 3.98. The number of hydrogen-bond donors (Lipinski definition) is 2. The maximum absolute atomic E-state index is 13.9. The van der Waals surface area contributed by atoms with E-state index >= 15 is 0 Å². The first-order chi connectivity index (χ1) is 19.1. The number of aliphatic imine (C=N–C) groups is 1. The number of carboxylic acids is 1. The van der Waals surface area contributed by atoms with Gasteiger partial charge in [-0.2, -0.15) is 0 Å². The summed E-state index contributed by atoms with van der Waals surface area (Å²) in [5, 5.41) is 11.9. The number of nitrogens with one attached hydrogen (secondary N) is 1. The highest BCUT2D eigenvalue weighted by molar-refractivity contribution is 6.24. The predicted octanol–water partition coefficient (Wildman–Crippen LogP) is 5.00. The van der Waals surface area contributed by atoms with E-state index in [2.05, 4.69) is 10.2 Å². The standard InChI is InChI=1S/C31H33FN4O4/c1-20(37)36(17-5-16-35(2)3)25-12-10-24(11-13-25)33-30(22-7-4-6-21(18-22)8-15-28(38)39)29-26-14-9-23(32)19-27(26)34-31(29)40/h4,6-7,9-14,18-19,29H,5,8,15-17H2,1-3H3,(H,34,40)(H,38,39). The molecule has 3 aromatic rings. The van der Waals surface area contributed by atoms with E-state index in [0.717, 1.165) is 24.2 Å². The number of rotatable bonds is 11. The normalized spacial score (nSPS) is 14.7. The van der Waals surface area contributed by atoms with Crippen molar-refractivity contribution in [3.63, 3.8) is 0 Å². The smallest absolute Gasteiger partial charge is 0.303 e. The lowest BCUT2D eigenvalue weighted by molar-refractivity contribution is -0.137. The van der Waals surface area contributed by atoms with Crippen molar-refractivity contribution in [1.82, 2.24) is 4.90 Å². The lowest BCUT2D eigenvalue weighted by Gasteiger charge is -2.22. The Bertz CT molecular complexity index is 1440. The van der Waals surface area contributed by atoms with Gasteiger partial charge in [-0.1, -0.05) is 24.3 Å². The Labute approximate surface area is 233 Å². The molecular weight excluding hydrogens is 511 g/mol. The number of carbonyl (C=O) groups is 3. The Balaban J connectivity index is 1.72. The van der Waals surface area contributed by atoms with Gasteiger partial charge in [-0.05, 0) is 92.6 Å². The molecular formula is C31H33FN4O4. The van der Waals surface area contributed by atoms with E-state index in [1.165, 1.54) is 19.1 Å². The van der Waals surface area contributed by atoms with Gasteiger partial charge in [0.25, 0.3) is 0 Å². The van der Waals surface area contributed by atoms with E-state index in [-0.39, 0.29) is 18.2 Å². The van der Waals surface area contributed by atoms with Crippen LogP contribution in [0.1, 0.15) is 42.4 Å². The summed E-state index contributed by atoms with van der Waals surface area (Å²) in [6, 6.07) is 18.7. The van der Waals surface area contributed by atoms with Crippen molar-refractivity contribution in [2.45, 2.75) is 32.1 Å². The van der Waals surface area contributed by atoms with Crippen molar-refractivity contribution >= 4 is 40.6 Å². The zero-order valence-corrected chi connectivity index (χ0v) is 22.9. The van der Waals surface area contributed by atoms with Crippen molar-refractivity contribution in [3.05, 3.63) is 89.2 Å². The number of fused-ring (bicyclic) bond motifs is 1. The summed E-state index contributed by atoms with van der Waals surface area (Å²) < 4.78 is 13.9. The molecule has 0 spiro atoms. The SMILES string of the molecule is CC(=O)N(CCCN(C)C)c1ccc(N=C(c2cccc(CCC(=O)O)c2)C2C(=O)Nc3cc(F)ccc32)cc1. The van der Waals surface area contributed by atoms with E-state index < -0.39 is 17.7 Å². The quantitative estimate of drug-likeness (QED) is 0.331. The van der Waals surface area contributed by atoms with Gasteiger partial charge in [0.15, 0.2) is 0 Å². The number of nitrogens with zero attached hydrogens (tertiary/aromatic N) is 3. The molecule has 8 nitrogen and oxygen atoms in total. The van der Waals surface area contributed by atoms with Crippen molar-refractivity contribution in [2.75, 3.05) is 37.4 Å². The molecule has 0 radical (unpaired) electrons. The molecule has 3 aromatic carbocycles. The first-order valence-corrected chi connectivity index (χ1v) is 13.2. The first kappa shape index (κ1) is 28.6. The molecule has 1 heterocycles. The Morgan fingerprint density at radius 1 is 1.02 bits per heavy atom. The molecule has 0 bridgehead atoms. The minimum absolute atomic E-state index is 0.0232. The Hall–Kier alpha value is -4.37. The lowest BCUT2D eigenvalue weighted by Crippen LogP contribution is -2.31. The fourth-order valence-electron chi connectivity index (χ4n) is 4.80. The van der Waals surface area contributed by atoms with Crippen LogP contribution < -0.4 is 10.2 Å². The van der Waals surface area contributed by atoms with E-state index in [1.807, 2.05) is 50.5 Å². The fourth-order valence-corrected chi connectivity index (χ4v) is 4.80. The average Bonchev–Trinajstić information content (AvgIpc) is 3.23. The van der Waals surface area contributed by atoms with Crippen LogP contribution in [0.25, 0.3) is 0 Å². The molecule has 9 heteroatoms. The van der Waals surface area contributed by atoms with Crippen LogP contribution in [-0.4, -0.2) is 60.7 Å². The van der Waals surface area contributed by atoms with Crippen LogP contribution >= 0.6 is 0 Å². The van der Waals surface area contributed by atoms with Gasteiger partial charge >= 0.3 is 5.97 Å². The third kappa shape index (κ3) is 6.98. The van der Waals surface area contributed by atoms with Gasteiger partial charge in [-0.15, -0.1) is 0 Å². The van der Waals surface area contributed by atoms with Gasteiger partial charge < -0.3 is 20.2 Å². The number of aliphatic carboxylic acids is 1. The molecule has 0 saturated heterocycles. The number of benzene rings is 3. The molecule has 1 aliphatic rings.